The minimum atomic E-state index is -3.54. The zero-order valence-electron chi connectivity index (χ0n) is 17.3. The van der Waals surface area contributed by atoms with Gasteiger partial charge in [0.15, 0.2) is 0 Å². The molecule has 0 unspecified atom stereocenters. The normalized spacial score (nSPS) is 15.3. The van der Waals surface area contributed by atoms with Gasteiger partial charge >= 0.3 is 0 Å². The first-order valence-electron chi connectivity index (χ1n) is 9.98. The van der Waals surface area contributed by atoms with E-state index in [2.05, 4.69) is 0 Å². The van der Waals surface area contributed by atoms with Crippen molar-refractivity contribution in [3.05, 3.63) is 59.7 Å². The van der Waals surface area contributed by atoms with Crippen LogP contribution >= 0.6 is 0 Å². The van der Waals surface area contributed by atoms with Crippen LogP contribution in [0.1, 0.15) is 18.1 Å². The largest absolute Gasteiger partial charge is 0.362 e. The third-order valence-electron chi connectivity index (χ3n) is 5.54. The number of hydrogen-bond acceptors (Lipinski definition) is 4. The van der Waals surface area contributed by atoms with Crippen LogP contribution in [0.15, 0.2) is 53.4 Å². The Labute approximate surface area is 173 Å². The lowest BCUT2D eigenvalue weighted by Crippen LogP contribution is -2.52. The fourth-order valence-electron chi connectivity index (χ4n) is 3.49. The number of aryl methyl sites for hydroxylation is 2. The van der Waals surface area contributed by atoms with Crippen molar-refractivity contribution >= 4 is 21.6 Å². The van der Waals surface area contributed by atoms with E-state index in [4.69, 9.17) is 0 Å². The van der Waals surface area contributed by atoms with E-state index in [1.807, 2.05) is 62.1 Å². The molecular formula is C22H29N3O3S. The molecule has 3 rings (SSSR count). The maximum atomic E-state index is 13.0. The van der Waals surface area contributed by atoms with Gasteiger partial charge in [-0.3, -0.25) is 4.79 Å². The second-order valence-corrected chi connectivity index (χ2v) is 9.32. The number of sulfonamides is 1. The Bertz CT molecular complexity index is 953. The van der Waals surface area contributed by atoms with Gasteiger partial charge in [0.05, 0.1) is 11.4 Å². The van der Waals surface area contributed by atoms with Crippen molar-refractivity contribution in [1.82, 2.24) is 9.21 Å². The molecule has 2 aromatic rings. The molecular weight excluding hydrogens is 386 g/mol. The standard InChI is InChI=1S/C22H29N3O3S/c1-4-23(20-8-6-5-7-9-20)17-22(26)24-12-14-25(15-13-24)29(27,28)21-11-10-18(2)19(3)16-21/h5-11,16H,4,12-15,17H2,1-3H3. The summed E-state index contributed by atoms with van der Waals surface area (Å²) < 4.78 is 27.4. The number of amides is 1. The predicted molar refractivity (Wildman–Crippen MR) is 116 cm³/mol. The molecule has 0 spiro atoms. The highest BCUT2D eigenvalue weighted by atomic mass is 32.2. The number of carbonyl (C=O) groups is 1. The minimum Gasteiger partial charge on any atom is -0.362 e. The average Bonchev–Trinajstić information content (AvgIpc) is 2.74. The Balaban J connectivity index is 1.62. The lowest BCUT2D eigenvalue weighted by atomic mass is 10.1. The topological polar surface area (TPSA) is 60.9 Å². The number of nitrogens with zero attached hydrogens (tertiary/aromatic N) is 3. The fourth-order valence-corrected chi connectivity index (χ4v) is 5.00. The molecule has 156 valence electrons. The Kier molecular flexibility index (Phi) is 6.59. The Morgan fingerprint density at radius 1 is 0.966 bits per heavy atom. The highest BCUT2D eigenvalue weighted by Gasteiger charge is 2.30. The van der Waals surface area contributed by atoms with Crippen molar-refractivity contribution in [3.8, 4) is 0 Å². The van der Waals surface area contributed by atoms with E-state index < -0.39 is 10.0 Å². The highest BCUT2D eigenvalue weighted by Crippen LogP contribution is 2.21. The first kappa shape index (κ1) is 21.3. The van der Waals surface area contributed by atoms with Crippen LogP contribution in [-0.2, 0) is 14.8 Å². The number of benzene rings is 2. The lowest BCUT2D eigenvalue weighted by molar-refractivity contribution is -0.130. The summed E-state index contributed by atoms with van der Waals surface area (Å²) in [5.41, 5.74) is 3.04. The van der Waals surface area contributed by atoms with E-state index in [0.717, 1.165) is 23.4 Å². The Morgan fingerprint density at radius 2 is 1.62 bits per heavy atom. The highest BCUT2D eigenvalue weighted by molar-refractivity contribution is 7.89. The van der Waals surface area contributed by atoms with Gasteiger partial charge in [-0.15, -0.1) is 0 Å². The molecule has 0 saturated carbocycles. The van der Waals surface area contributed by atoms with Crippen LogP contribution in [0.5, 0.6) is 0 Å². The smallest absolute Gasteiger partial charge is 0.243 e. The number of carbonyl (C=O) groups excluding carboxylic acids is 1. The zero-order chi connectivity index (χ0) is 21.0. The summed E-state index contributed by atoms with van der Waals surface area (Å²) in [5, 5.41) is 0. The maximum Gasteiger partial charge on any atom is 0.243 e. The van der Waals surface area contributed by atoms with Crippen LogP contribution in [0.25, 0.3) is 0 Å². The first-order valence-corrected chi connectivity index (χ1v) is 11.4. The Hall–Kier alpha value is -2.38. The second-order valence-electron chi connectivity index (χ2n) is 7.38. The number of piperazine rings is 1. The third-order valence-corrected chi connectivity index (χ3v) is 7.43. The summed E-state index contributed by atoms with van der Waals surface area (Å²) in [6.07, 6.45) is 0. The van der Waals surface area contributed by atoms with E-state index in [-0.39, 0.29) is 5.91 Å². The fraction of sp³-hybridized carbons (Fsp3) is 0.409. The van der Waals surface area contributed by atoms with Gasteiger partial charge in [-0.1, -0.05) is 24.3 Å². The molecule has 0 bridgehead atoms. The monoisotopic (exact) mass is 415 g/mol. The quantitative estimate of drug-likeness (QED) is 0.728. The molecule has 1 fully saturated rings. The van der Waals surface area contributed by atoms with E-state index in [1.54, 1.807) is 17.0 Å². The van der Waals surface area contributed by atoms with Crippen LogP contribution in [-0.4, -0.2) is 62.8 Å². The van der Waals surface area contributed by atoms with E-state index in [9.17, 15) is 13.2 Å². The summed E-state index contributed by atoms with van der Waals surface area (Å²) >= 11 is 0. The summed E-state index contributed by atoms with van der Waals surface area (Å²) in [6, 6.07) is 15.1. The summed E-state index contributed by atoms with van der Waals surface area (Å²) in [6.45, 7) is 8.39. The SMILES string of the molecule is CCN(CC(=O)N1CCN(S(=O)(=O)c2ccc(C)c(C)c2)CC1)c1ccccc1. The molecule has 0 N–H and O–H groups in total. The first-order chi connectivity index (χ1) is 13.8. The van der Waals surface area contributed by atoms with Gasteiger partial charge in [0.1, 0.15) is 0 Å². The lowest BCUT2D eigenvalue weighted by Gasteiger charge is -2.35. The van der Waals surface area contributed by atoms with Crippen molar-refractivity contribution in [2.75, 3.05) is 44.2 Å². The third kappa shape index (κ3) is 4.79. The van der Waals surface area contributed by atoms with Crippen molar-refractivity contribution < 1.29 is 13.2 Å². The Morgan fingerprint density at radius 3 is 2.21 bits per heavy atom. The maximum absolute atomic E-state index is 13.0. The molecule has 0 radical (unpaired) electrons. The molecule has 1 heterocycles. The summed E-state index contributed by atoms with van der Waals surface area (Å²) in [4.78, 5) is 16.9. The summed E-state index contributed by atoms with van der Waals surface area (Å²) in [5.74, 6) is 0.0268. The van der Waals surface area contributed by atoms with Crippen LogP contribution < -0.4 is 4.90 Å². The molecule has 6 nitrogen and oxygen atoms in total. The molecule has 0 aliphatic carbocycles. The van der Waals surface area contributed by atoms with Gasteiger partial charge < -0.3 is 9.80 Å². The molecule has 2 aromatic carbocycles. The molecule has 1 amide bonds. The van der Waals surface area contributed by atoms with Gasteiger partial charge in [0.25, 0.3) is 0 Å². The van der Waals surface area contributed by atoms with Gasteiger partial charge in [-0.25, -0.2) is 8.42 Å². The molecule has 0 aromatic heterocycles. The number of hydrogen-bond donors (Lipinski definition) is 0. The van der Waals surface area contributed by atoms with Crippen LogP contribution in [0.4, 0.5) is 5.69 Å². The molecule has 1 aliphatic heterocycles. The molecule has 29 heavy (non-hydrogen) atoms. The summed E-state index contributed by atoms with van der Waals surface area (Å²) in [7, 11) is -3.54. The molecule has 1 saturated heterocycles. The number of anilines is 1. The zero-order valence-corrected chi connectivity index (χ0v) is 18.2. The molecule has 1 aliphatic rings. The predicted octanol–water partition coefficient (Wildman–Crippen LogP) is 2.66. The number of likely N-dealkylation sites (N-methyl/N-ethyl adjacent to an activating group) is 1. The van der Waals surface area contributed by atoms with Gasteiger partial charge in [-0.05, 0) is 56.2 Å². The van der Waals surface area contributed by atoms with Crippen molar-refractivity contribution in [1.29, 1.82) is 0 Å². The van der Waals surface area contributed by atoms with Gasteiger partial charge in [0, 0.05) is 38.4 Å². The molecule has 7 heteroatoms. The van der Waals surface area contributed by atoms with Crippen molar-refractivity contribution in [2.45, 2.75) is 25.7 Å². The van der Waals surface area contributed by atoms with Crippen LogP contribution in [0.2, 0.25) is 0 Å². The van der Waals surface area contributed by atoms with Gasteiger partial charge in [0.2, 0.25) is 15.9 Å². The van der Waals surface area contributed by atoms with E-state index >= 15 is 0 Å². The van der Waals surface area contributed by atoms with Crippen LogP contribution in [0.3, 0.4) is 0 Å². The number of rotatable bonds is 6. The van der Waals surface area contributed by atoms with Crippen molar-refractivity contribution in [3.63, 3.8) is 0 Å². The second kappa shape index (κ2) is 8.97. The van der Waals surface area contributed by atoms with E-state index in [0.29, 0.717) is 37.6 Å². The molecule has 0 atom stereocenters. The minimum absolute atomic E-state index is 0.0268. The average molecular weight is 416 g/mol. The van der Waals surface area contributed by atoms with E-state index in [1.165, 1.54) is 4.31 Å². The number of para-hydroxylation sites is 1. The van der Waals surface area contributed by atoms with Gasteiger partial charge in [-0.2, -0.15) is 4.31 Å². The van der Waals surface area contributed by atoms with Crippen molar-refractivity contribution in [2.24, 2.45) is 0 Å². The van der Waals surface area contributed by atoms with Crippen LogP contribution in [0, 0.1) is 13.8 Å².